The van der Waals surface area contributed by atoms with E-state index in [0.717, 1.165) is 5.69 Å². The molecule has 118 valence electrons. The minimum atomic E-state index is -0.911. The highest BCUT2D eigenvalue weighted by Gasteiger charge is 2.18. The Bertz CT molecular complexity index is 711. The van der Waals surface area contributed by atoms with Crippen LogP contribution in [-0.4, -0.2) is 28.0 Å². The second-order valence-electron chi connectivity index (χ2n) is 5.39. The van der Waals surface area contributed by atoms with E-state index < -0.39 is 5.97 Å². The number of methoxy groups -OCH3 is 1. The number of nitrogens with zero attached hydrogens (tertiary/aromatic N) is 1. The number of nitrogens with one attached hydrogen (secondary N) is 1. The molecule has 1 heterocycles. The van der Waals surface area contributed by atoms with Crippen molar-refractivity contribution in [1.29, 1.82) is 0 Å². The topological polar surface area (TPSA) is 84.3 Å². The fraction of sp³-hybridized carbons (Fsp3) is 0.375. The quantitative estimate of drug-likeness (QED) is 0.857. The number of benzene rings is 1. The predicted molar refractivity (Wildman–Crippen MR) is 83.0 cm³/mol. The summed E-state index contributed by atoms with van der Waals surface area (Å²) in [6.07, 6.45) is 0.163. The highest BCUT2D eigenvalue weighted by Crippen LogP contribution is 2.19. The van der Waals surface area contributed by atoms with Crippen molar-refractivity contribution in [2.45, 2.75) is 32.6 Å². The van der Waals surface area contributed by atoms with Crippen LogP contribution in [0.2, 0.25) is 0 Å². The molecule has 0 unspecified atom stereocenters. The molecule has 22 heavy (non-hydrogen) atoms. The maximum absolute atomic E-state index is 12.6. The summed E-state index contributed by atoms with van der Waals surface area (Å²) >= 11 is 0. The van der Waals surface area contributed by atoms with E-state index in [2.05, 4.69) is 5.10 Å². The van der Waals surface area contributed by atoms with Gasteiger partial charge in [0.05, 0.1) is 12.8 Å². The second-order valence-corrected chi connectivity index (χ2v) is 5.39. The molecule has 2 N–H and O–H groups in total. The third-order valence-electron chi connectivity index (χ3n) is 3.52. The summed E-state index contributed by atoms with van der Waals surface area (Å²) in [6, 6.07) is 7.10. The smallest absolute Gasteiger partial charge is 0.303 e. The first-order valence-corrected chi connectivity index (χ1v) is 7.14. The number of hydrogen-bond acceptors (Lipinski definition) is 3. The Morgan fingerprint density at radius 3 is 2.45 bits per heavy atom. The van der Waals surface area contributed by atoms with E-state index in [-0.39, 0.29) is 24.3 Å². The molecule has 0 atom stereocenters. The molecule has 0 spiro atoms. The SMILES string of the molecule is COc1ccc(-n2[nH]c(C(C)C)c(CCC(=O)O)c2=O)cc1. The van der Waals surface area contributed by atoms with Crippen LogP contribution in [0.1, 0.15) is 37.4 Å². The first-order chi connectivity index (χ1) is 10.4. The number of H-pyrrole nitrogens is 1. The maximum Gasteiger partial charge on any atom is 0.303 e. The van der Waals surface area contributed by atoms with E-state index in [4.69, 9.17) is 9.84 Å². The molecule has 0 saturated carbocycles. The Balaban J connectivity index is 2.45. The first-order valence-electron chi connectivity index (χ1n) is 7.14. The number of hydrogen-bond donors (Lipinski definition) is 2. The fourth-order valence-electron chi connectivity index (χ4n) is 2.35. The molecule has 6 nitrogen and oxygen atoms in total. The van der Waals surface area contributed by atoms with Gasteiger partial charge in [-0.05, 0) is 36.6 Å². The van der Waals surface area contributed by atoms with Crippen molar-refractivity contribution in [3.8, 4) is 11.4 Å². The number of carboxylic acid groups (broad SMARTS) is 1. The monoisotopic (exact) mass is 304 g/mol. The summed E-state index contributed by atoms with van der Waals surface area (Å²) in [6.45, 7) is 3.93. The number of rotatable bonds is 6. The van der Waals surface area contributed by atoms with Gasteiger partial charge < -0.3 is 9.84 Å². The average Bonchev–Trinajstić information content (AvgIpc) is 2.82. The molecule has 6 heteroatoms. The maximum atomic E-state index is 12.6. The Morgan fingerprint density at radius 2 is 1.95 bits per heavy atom. The lowest BCUT2D eigenvalue weighted by Crippen LogP contribution is -2.18. The van der Waals surface area contributed by atoms with Crippen LogP contribution in [0.15, 0.2) is 29.1 Å². The molecule has 0 bridgehead atoms. The van der Waals surface area contributed by atoms with Gasteiger partial charge in [-0.1, -0.05) is 13.8 Å². The molecule has 1 aromatic carbocycles. The molecule has 0 radical (unpaired) electrons. The van der Waals surface area contributed by atoms with Gasteiger partial charge in [-0.2, -0.15) is 0 Å². The zero-order chi connectivity index (χ0) is 16.3. The van der Waals surface area contributed by atoms with Crippen molar-refractivity contribution in [3.63, 3.8) is 0 Å². The Kier molecular flexibility index (Phi) is 4.70. The molecule has 1 aromatic heterocycles. The van der Waals surface area contributed by atoms with Gasteiger partial charge in [0.1, 0.15) is 5.75 Å². The molecule has 2 rings (SSSR count). The lowest BCUT2D eigenvalue weighted by molar-refractivity contribution is -0.136. The van der Waals surface area contributed by atoms with Crippen molar-refractivity contribution < 1.29 is 14.6 Å². The van der Waals surface area contributed by atoms with Crippen LogP contribution in [-0.2, 0) is 11.2 Å². The zero-order valence-electron chi connectivity index (χ0n) is 12.9. The molecule has 0 fully saturated rings. The van der Waals surface area contributed by atoms with Crippen LogP contribution >= 0.6 is 0 Å². The summed E-state index contributed by atoms with van der Waals surface area (Å²) in [5, 5.41) is 11.9. The van der Waals surface area contributed by atoms with E-state index in [9.17, 15) is 9.59 Å². The van der Waals surface area contributed by atoms with Gasteiger partial charge in [-0.15, -0.1) is 0 Å². The molecular formula is C16H20N2O4. The van der Waals surface area contributed by atoms with Crippen LogP contribution in [0.3, 0.4) is 0 Å². The number of ether oxygens (including phenoxy) is 1. The molecule has 0 saturated heterocycles. The second kappa shape index (κ2) is 6.51. The van der Waals surface area contributed by atoms with Crippen molar-refractivity contribution in [3.05, 3.63) is 45.9 Å². The van der Waals surface area contributed by atoms with Gasteiger partial charge in [0.15, 0.2) is 0 Å². The van der Waals surface area contributed by atoms with E-state index >= 15 is 0 Å². The van der Waals surface area contributed by atoms with Crippen LogP contribution in [0.25, 0.3) is 5.69 Å². The highest BCUT2D eigenvalue weighted by molar-refractivity contribution is 5.67. The van der Waals surface area contributed by atoms with Crippen molar-refractivity contribution in [2.24, 2.45) is 0 Å². The molecule has 0 aliphatic rings. The lowest BCUT2D eigenvalue weighted by atomic mass is 10.0. The standard InChI is InChI=1S/C16H20N2O4/c1-10(2)15-13(8-9-14(19)20)16(21)18(17-15)11-4-6-12(22-3)7-5-11/h4-7,10,17H,8-9H2,1-3H3,(H,19,20). The van der Waals surface area contributed by atoms with Crippen LogP contribution < -0.4 is 10.3 Å². The summed E-state index contributed by atoms with van der Waals surface area (Å²) < 4.78 is 6.55. The Labute approximate surface area is 128 Å². The number of aromatic amines is 1. The summed E-state index contributed by atoms with van der Waals surface area (Å²) in [7, 11) is 1.58. The number of aromatic nitrogens is 2. The van der Waals surface area contributed by atoms with E-state index in [1.54, 1.807) is 31.4 Å². The number of carbonyl (C=O) groups is 1. The van der Waals surface area contributed by atoms with Crippen molar-refractivity contribution in [1.82, 2.24) is 9.78 Å². The van der Waals surface area contributed by atoms with Crippen molar-refractivity contribution in [2.75, 3.05) is 7.11 Å². The summed E-state index contributed by atoms with van der Waals surface area (Å²) in [5.74, 6) is -0.0964. The first kappa shape index (κ1) is 15.9. The third-order valence-corrected chi connectivity index (χ3v) is 3.52. The zero-order valence-corrected chi connectivity index (χ0v) is 12.9. The summed E-state index contributed by atoms with van der Waals surface area (Å²) in [4.78, 5) is 23.3. The molecule has 0 amide bonds. The van der Waals surface area contributed by atoms with Gasteiger partial charge in [-0.3, -0.25) is 14.7 Å². The minimum absolute atomic E-state index is 0.0601. The number of carboxylic acids is 1. The average molecular weight is 304 g/mol. The van der Waals surface area contributed by atoms with E-state index in [1.165, 1.54) is 4.68 Å². The molecule has 0 aliphatic heterocycles. The van der Waals surface area contributed by atoms with Gasteiger partial charge in [0, 0.05) is 17.7 Å². The molecule has 2 aromatic rings. The van der Waals surface area contributed by atoms with E-state index in [1.807, 2.05) is 13.8 Å². The highest BCUT2D eigenvalue weighted by atomic mass is 16.5. The van der Waals surface area contributed by atoms with Gasteiger partial charge in [-0.25, -0.2) is 4.68 Å². The van der Waals surface area contributed by atoms with Gasteiger partial charge in [0.2, 0.25) is 0 Å². The minimum Gasteiger partial charge on any atom is -0.497 e. The van der Waals surface area contributed by atoms with Gasteiger partial charge >= 0.3 is 5.97 Å². The third kappa shape index (κ3) is 3.21. The van der Waals surface area contributed by atoms with Crippen molar-refractivity contribution >= 4 is 5.97 Å². The van der Waals surface area contributed by atoms with E-state index in [0.29, 0.717) is 17.0 Å². The predicted octanol–water partition coefficient (Wildman–Crippen LogP) is 2.31. The Hall–Kier alpha value is -2.50. The lowest BCUT2D eigenvalue weighted by Gasteiger charge is -2.05. The largest absolute Gasteiger partial charge is 0.497 e. The van der Waals surface area contributed by atoms with Gasteiger partial charge in [0.25, 0.3) is 5.56 Å². The fourth-order valence-corrected chi connectivity index (χ4v) is 2.35. The summed E-state index contributed by atoms with van der Waals surface area (Å²) in [5.41, 5.74) is 1.81. The van der Waals surface area contributed by atoms with Crippen LogP contribution in [0.4, 0.5) is 0 Å². The van der Waals surface area contributed by atoms with Crippen LogP contribution in [0, 0.1) is 0 Å². The molecule has 0 aliphatic carbocycles. The molecular weight excluding hydrogens is 284 g/mol. The van der Waals surface area contributed by atoms with Crippen LogP contribution in [0.5, 0.6) is 5.75 Å². The normalized spacial score (nSPS) is 10.9. The number of aliphatic carboxylic acids is 1. The Morgan fingerprint density at radius 1 is 1.32 bits per heavy atom.